The van der Waals surface area contributed by atoms with Crippen LogP contribution in [0.3, 0.4) is 0 Å². The molecule has 4 nitrogen and oxygen atoms in total. The first-order valence-corrected chi connectivity index (χ1v) is 6.92. The summed E-state index contributed by atoms with van der Waals surface area (Å²) >= 11 is 0. The van der Waals surface area contributed by atoms with Crippen molar-refractivity contribution in [2.45, 2.75) is 19.9 Å². The molecule has 2 rings (SSSR count). The lowest BCUT2D eigenvalue weighted by Gasteiger charge is -2.07. The summed E-state index contributed by atoms with van der Waals surface area (Å²) in [6.45, 7) is 3.06. The lowest BCUT2D eigenvalue weighted by Crippen LogP contribution is -2.23. The first kappa shape index (κ1) is 15.0. The van der Waals surface area contributed by atoms with Crippen molar-refractivity contribution in [2.24, 2.45) is 0 Å². The summed E-state index contributed by atoms with van der Waals surface area (Å²) in [7, 11) is 0. The van der Waals surface area contributed by atoms with Gasteiger partial charge in [0.15, 0.2) is 0 Å². The Bertz CT molecular complexity index is 599. The molecule has 0 spiro atoms. The van der Waals surface area contributed by atoms with Crippen LogP contribution in [0.5, 0.6) is 0 Å². The van der Waals surface area contributed by atoms with Crippen molar-refractivity contribution in [2.75, 3.05) is 11.9 Å². The van der Waals surface area contributed by atoms with Crippen LogP contribution >= 0.6 is 0 Å². The number of benzene rings is 1. The highest BCUT2D eigenvalue weighted by Gasteiger charge is 2.07. The van der Waals surface area contributed by atoms with E-state index in [4.69, 9.17) is 0 Å². The van der Waals surface area contributed by atoms with E-state index in [2.05, 4.69) is 22.5 Å². The van der Waals surface area contributed by atoms with Crippen LogP contribution in [0.15, 0.2) is 42.6 Å². The molecule has 0 aliphatic carbocycles. The molecule has 0 bridgehead atoms. The molecule has 0 aliphatic rings. The van der Waals surface area contributed by atoms with Gasteiger partial charge in [0.1, 0.15) is 11.6 Å². The van der Waals surface area contributed by atoms with Crippen LogP contribution in [0.4, 0.5) is 10.2 Å². The number of nitrogens with one attached hydrogen (secondary N) is 2. The first-order chi connectivity index (χ1) is 10.2. The molecule has 0 saturated carbocycles. The van der Waals surface area contributed by atoms with Crippen molar-refractivity contribution in [3.8, 4) is 0 Å². The molecule has 1 aromatic carbocycles. The van der Waals surface area contributed by atoms with Crippen LogP contribution in [0.1, 0.15) is 29.3 Å². The second-order valence-corrected chi connectivity index (χ2v) is 4.63. The molecule has 1 aromatic heterocycles. The highest BCUT2D eigenvalue weighted by molar-refractivity contribution is 5.93. The fourth-order valence-corrected chi connectivity index (χ4v) is 1.81. The van der Waals surface area contributed by atoms with Gasteiger partial charge >= 0.3 is 0 Å². The number of hydrogen-bond acceptors (Lipinski definition) is 3. The predicted octanol–water partition coefficient (Wildman–Crippen LogP) is 2.97. The summed E-state index contributed by atoms with van der Waals surface area (Å²) in [5, 5.41) is 5.81. The van der Waals surface area contributed by atoms with Crippen molar-refractivity contribution in [1.29, 1.82) is 0 Å². The number of carbonyl (C=O) groups excluding carboxylic acids is 1. The molecule has 0 saturated heterocycles. The van der Waals surface area contributed by atoms with Gasteiger partial charge in [-0.05, 0) is 24.6 Å². The lowest BCUT2D eigenvalue weighted by atomic mass is 10.2. The molecule has 0 atom stereocenters. The average Bonchev–Trinajstić information content (AvgIpc) is 2.52. The number of carbonyl (C=O) groups is 1. The van der Waals surface area contributed by atoms with E-state index in [1.54, 1.807) is 30.3 Å². The Hall–Kier alpha value is -2.43. The van der Waals surface area contributed by atoms with Crippen LogP contribution < -0.4 is 10.6 Å². The van der Waals surface area contributed by atoms with Crippen molar-refractivity contribution >= 4 is 11.7 Å². The monoisotopic (exact) mass is 287 g/mol. The first-order valence-electron chi connectivity index (χ1n) is 6.92. The quantitative estimate of drug-likeness (QED) is 0.859. The zero-order valence-corrected chi connectivity index (χ0v) is 11.9. The number of amides is 1. The smallest absolute Gasteiger partial charge is 0.253 e. The molecule has 0 fully saturated rings. The number of anilines is 1. The molecule has 110 valence electrons. The Labute approximate surface area is 123 Å². The van der Waals surface area contributed by atoms with Crippen LogP contribution in [-0.2, 0) is 6.54 Å². The van der Waals surface area contributed by atoms with E-state index in [9.17, 15) is 9.18 Å². The van der Waals surface area contributed by atoms with Crippen molar-refractivity contribution in [3.63, 3.8) is 0 Å². The number of halogens is 1. The summed E-state index contributed by atoms with van der Waals surface area (Å²) in [6, 6.07) is 9.82. The highest BCUT2D eigenvalue weighted by atomic mass is 19.1. The minimum Gasteiger partial charge on any atom is -0.370 e. The van der Waals surface area contributed by atoms with E-state index in [-0.39, 0.29) is 18.3 Å². The number of hydrogen-bond donors (Lipinski definition) is 2. The number of pyridine rings is 1. The van der Waals surface area contributed by atoms with Gasteiger partial charge in [-0.25, -0.2) is 9.37 Å². The van der Waals surface area contributed by atoms with E-state index in [0.717, 1.165) is 18.8 Å². The third kappa shape index (κ3) is 4.27. The molecule has 0 radical (unpaired) electrons. The zero-order valence-electron chi connectivity index (χ0n) is 11.9. The summed E-state index contributed by atoms with van der Waals surface area (Å²) in [4.78, 5) is 16.1. The van der Waals surface area contributed by atoms with Crippen LogP contribution in [-0.4, -0.2) is 17.4 Å². The van der Waals surface area contributed by atoms with Gasteiger partial charge in [-0.1, -0.05) is 25.1 Å². The normalized spacial score (nSPS) is 10.2. The molecular formula is C16H18FN3O. The van der Waals surface area contributed by atoms with Gasteiger partial charge in [-0.3, -0.25) is 4.79 Å². The fraction of sp³-hybridized carbons (Fsp3) is 0.250. The second kappa shape index (κ2) is 7.38. The third-order valence-electron chi connectivity index (χ3n) is 2.98. The van der Waals surface area contributed by atoms with Gasteiger partial charge in [0, 0.05) is 24.8 Å². The Kier molecular flexibility index (Phi) is 5.26. The van der Waals surface area contributed by atoms with E-state index in [1.165, 1.54) is 12.3 Å². The fourth-order valence-electron chi connectivity index (χ4n) is 1.81. The Morgan fingerprint density at radius 1 is 1.24 bits per heavy atom. The zero-order chi connectivity index (χ0) is 15.1. The summed E-state index contributed by atoms with van der Waals surface area (Å²) in [5.74, 6) is 0.144. The Morgan fingerprint density at radius 3 is 2.71 bits per heavy atom. The summed E-state index contributed by atoms with van der Waals surface area (Å²) in [6.07, 6.45) is 2.52. The van der Waals surface area contributed by atoms with Gasteiger partial charge in [-0.15, -0.1) is 0 Å². The topological polar surface area (TPSA) is 54.0 Å². The van der Waals surface area contributed by atoms with Crippen LogP contribution in [0.25, 0.3) is 0 Å². The number of rotatable bonds is 6. The summed E-state index contributed by atoms with van der Waals surface area (Å²) in [5.41, 5.74) is 0.911. The minimum atomic E-state index is -0.324. The second-order valence-electron chi connectivity index (χ2n) is 4.63. The maximum absolute atomic E-state index is 13.4. The standard InChI is InChI=1S/C16H18FN3O/c1-2-9-18-15-8-7-13(11-19-15)16(21)20-10-12-5-3-4-6-14(12)17/h3-8,11H,2,9-10H2,1H3,(H,18,19)(H,20,21). The number of nitrogens with zero attached hydrogens (tertiary/aromatic N) is 1. The predicted molar refractivity (Wildman–Crippen MR) is 80.6 cm³/mol. The molecule has 21 heavy (non-hydrogen) atoms. The van der Waals surface area contributed by atoms with E-state index in [1.807, 2.05) is 0 Å². The van der Waals surface area contributed by atoms with Crippen LogP contribution in [0.2, 0.25) is 0 Å². The Morgan fingerprint density at radius 2 is 2.05 bits per heavy atom. The molecule has 2 N–H and O–H groups in total. The van der Waals surface area contributed by atoms with E-state index < -0.39 is 0 Å². The minimum absolute atomic E-state index is 0.154. The maximum Gasteiger partial charge on any atom is 0.253 e. The molecule has 0 aliphatic heterocycles. The van der Waals surface area contributed by atoms with Crippen molar-refractivity contribution in [3.05, 3.63) is 59.5 Å². The van der Waals surface area contributed by atoms with Gasteiger partial charge in [0.2, 0.25) is 0 Å². The van der Waals surface area contributed by atoms with Gasteiger partial charge in [-0.2, -0.15) is 0 Å². The SMILES string of the molecule is CCCNc1ccc(C(=O)NCc2ccccc2F)cn1. The molecular weight excluding hydrogens is 269 g/mol. The van der Waals surface area contributed by atoms with Crippen LogP contribution in [0, 0.1) is 5.82 Å². The van der Waals surface area contributed by atoms with Gasteiger partial charge in [0.05, 0.1) is 5.56 Å². The molecule has 0 unspecified atom stereocenters. The third-order valence-corrected chi connectivity index (χ3v) is 2.98. The average molecular weight is 287 g/mol. The lowest BCUT2D eigenvalue weighted by molar-refractivity contribution is 0.0950. The highest BCUT2D eigenvalue weighted by Crippen LogP contribution is 2.08. The van der Waals surface area contributed by atoms with Crippen molar-refractivity contribution in [1.82, 2.24) is 10.3 Å². The molecule has 5 heteroatoms. The Balaban J connectivity index is 1.93. The molecule has 2 aromatic rings. The largest absolute Gasteiger partial charge is 0.370 e. The summed E-state index contributed by atoms with van der Waals surface area (Å²) < 4.78 is 13.4. The number of aromatic nitrogens is 1. The van der Waals surface area contributed by atoms with Gasteiger partial charge in [0.25, 0.3) is 5.91 Å². The van der Waals surface area contributed by atoms with E-state index >= 15 is 0 Å². The maximum atomic E-state index is 13.4. The van der Waals surface area contributed by atoms with E-state index in [0.29, 0.717) is 11.1 Å². The molecule has 1 heterocycles. The van der Waals surface area contributed by atoms with Crippen molar-refractivity contribution < 1.29 is 9.18 Å². The van der Waals surface area contributed by atoms with Gasteiger partial charge < -0.3 is 10.6 Å². The molecule has 1 amide bonds.